The highest BCUT2D eigenvalue weighted by Crippen LogP contribution is 2.19. The summed E-state index contributed by atoms with van der Waals surface area (Å²) in [6, 6.07) is 6.04. The second-order valence-electron chi connectivity index (χ2n) is 6.02. The van der Waals surface area contributed by atoms with Crippen LogP contribution in [0.4, 0.5) is 4.39 Å². The number of hydrogen-bond acceptors (Lipinski definition) is 5. The van der Waals surface area contributed by atoms with E-state index in [0.29, 0.717) is 31.9 Å². The van der Waals surface area contributed by atoms with Gasteiger partial charge in [0.05, 0.1) is 6.42 Å². The summed E-state index contributed by atoms with van der Waals surface area (Å²) in [6.07, 6.45) is -0.681. The zero-order valence-electron chi connectivity index (χ0n) is 14.9. The van der Waals surface area contributed by atoms with Crippen LogP contribution in [0.15, 0.2) is 29.2 Å². The topological polar surface area (TPSA) is 66.9 Å². The molecule has 1 unspecified atom stereocenters. The minimum atomic E-state index is -0.845. The number of carbonyl (C=O) groups excluding carboxylic acids is 3. The molecule has 1 atom stereocenters. The molecule has 8 heteroatoms. The summed E-state index contributed by atoms with van der Waals surface area (Å²) in [7, 11) is 0. The maximum absolute atomic E-state index is 12.8. The number of nitrogens with zero attached hydrogens (tertiary/aromatic N) is 2. The van der Waals surface area contributed by atoms with E-state index in [1.807, 2.05) is 0 Å². The molecular weight excluding hydrogens is 359 g/mol. The van der Waals surface area contributed by atoms with Crippen molar-refractivity contribution in [2.45, 2.75) is 31.3 Å². The van der Waals surface area contributed by atoms with Crippen LogP contribution in [-0.4, -0.2) is 65.6 Å². The van der Waals surface area contributed by atoms with Crippen LogP contribution in [0.1, 0.15) is 20.3 Å². The van der Waals surface area contributed by atoms with Gasteiger partial charge in [0, 0.05) is 43.8 Å². The van der Waals surface area contributed by atoms with Crippen LogP contribution >= 0.6 is 11.8 Å². The van der Waals surface area contributed by atoms with Gasteiger partial charge in [-0.2, -0.15) is 0 Å². The third-order valence-corrected chi connectivity index (χ3v) is 5.09. The first-order valence-corrected chi connectivity index (χ1v) is 9.47. The molecule has 1 heterocycles. The fourth-order valence-corrected chi connectivity index (χ4v) is 3.42. The fraction of sp³-hybridized carbons (Fsp3) is 0.500. The molecule has 2 amide bonds. The molecule has 1 fully saturated rings. The van der Waals surface area contributed by atoms with E-state index in [-0.39, 0.29) is 24.1 Å². The van der Waals surface area contributed by atoms with Gasteiger partial charge in [-0.05, 0) is 31.2 Å². The number of piperazine rings is 1. The number of amides is 2. The van der Waals surface area contributed by atoms with Crippen molar-refractivity contribution >= 4 is 29.5 Å². The Morgan fingerprint density at radius 2 is 1.69 bits per heavy atom. The van der Waals surface area contributed by atoms with Crippen LogP contribution in [0.2, 0.25) is 0 Å². The van der Waals surface area contributed by atoms with Gasteiger partial charge in [0.1, 0.15) is 5.82 Å². The Labute approximate surface area is 156 Å². The number of thioether (sulfide) groups is 1. The first-order valence-electron chi connectivity index (χ1n) is 8.49. The zero-order chi connectivity index (χ0) is 19.1. The molecule has 0 bridgehead atoms. The number of benzene rings is 1. The van der Waals surface area contributed by atoms with Crippen molar-refractivity contribution in [3.8, 4) is 0 Å². The van der Waals surface area contributed by atoms with Crippen LogP contribution in [0, 0.1) is 5.82 Å². The van der Waals surface area contributed by atoms with Crippen molar-refractivity contribution in [3.63, 3.8) is 0 Å². The van der Waals surface area contributed by atoms with Gasteiger partial charge in [-0.25, -0.2) is 4.39 Å². The molecule has 0 spiro atoms. The molecule has 0 radical (unpaired) electrons. The lowest BCUT2D eigenvalue weighted by molar-refractivity contribution is -0.159. The van der Waals surface area contributed by atoms with Gasteiger partial charge >= 0.3 is 5.97 Å². The highest BCUT2D eigenvalue weighted by Gasteiger charge is 2.27. The van der Waals surface area contributed by atoms with E-state index < -0.39 is 12.1 Å². The Morgan fingerprint density at radius 3 is 2.27 bits per heavy atom. The lowest BCUT2D eigenvalue weighted by Gasteiger charge is -2.35. The minimum absolute atomic E-state index is 0.00442. The van der Waals surface area contributed by atoms with E-state index in [4.69, 9.17) is 4.74 Å². The molecular formula is C18H23FN2O4S. The van der Waals surface area contributed by atoms with Crippen LogP contribution in [0.25, 0.3) is 0 Å². The van der Waals surface area contributed by atoms with Crippen molar-refractivity contribution in [2.24, 2.45) is 0 Å². The first kappa shape index (κ1) is 20.2. The monoisotopic (exact) mass is 382 g/mol. The molecule has 0 aliphatic carbocycles. The molecule has 1 aromatic carbocycles. The summed E-state index contributed by atoms with van der Waals surface area (Å²) in [5.41, 5.74) is 0. The van der Waals surface area contributed by atoms with Crippen LogP contribution < -0.4 is 0 Å². The van der Waals surface area contributed by atoms with Gasteiger partial charge in [-0.15, -0.1) is 11.8 Å². The number of ether oxygens (including phenoxy) is 1. The van der Waals surface area contributed by atoms with Crippen LogP contribution in [0.5, 0.6) is 0 Å². The molecule has 142 valence electrons. The van der Waals surface area contributed by atoms with E-state index >= 15 is 0 Å². The smallest absolute Gasteiger partial charge is 0.307 e. The molecule has 0 N–H and O–H groups in total. The molecule has 2 rings (SSSR count). The number of rotatable bonds is 6. The standard InChI is InChI=1S/C18H23FN2O4S/c1-13(18(24)21-10-8-20(9-11-21)14(2)22)25-17(23)7-12-26-16-5-3-15(19)4-6-16/h3-6,13H,7-12H2,1-2H3. The quantitative estimate of drug-likeness (QED) is 0.556. The Bertz CT molecular complexity index is 645. The largest absolute Gasteiger partial charge is 0.453 e. The Hall–Kier alpha value is -2.09. The second-order valence-corrected chi connectivity index (χ2v) is 7.18. The highest BCUT2D eigenvalue weighted by molar-refractivity contribution is 7.99. The Morgan fingerprint density at radius 1 is 1.12 bits per heavy atom. The number of carbonyl (C=O) groups is 3. The van der Waals surface area contributed by atoms with Crippen LogP contribution in [0.3, 0.4) is 0 Å². The second kappa shape index (κ2) is 9.56. The van der Waals surface area contributed by atoms with E-state index in [1.165, 1.54) is 30.8 Å². The zero-order valence-corrected chi connectivity index (χ0v) is 15.8. The average molecular weight is 382 g/mol. The molecule has 6 nitrogen and oxygen atoms in total. The normalized spacial score (nSPS) is 15.5. The summed E-state index contributed by atoms with van der Waals surface area (Å²) in [6.45, 7) is 4.95. The van der Waals surface area contributed by atoms with Crippen molar-refractivity contribution in [3.05, 3.63) is 30.1 Å². The van der Waals surface area contributed by atoms with E-state index in [0.717, 1.165) is 4.90 Å². The number of esters is 1. The van der Waals surface area contributed by atoms with Gasteiger partial charge in [-0.3, -0.25) is 14.4 Å². The average Bonchev–Trinajstić information content (AvgIpc) is 2.62. The van der Waals surface area contributed by atoms with Crippen molar-refractivity contribution < 1.29 is 23.5 Å². The van der Waals surface area contributed by atoms with Crippen molar-refractivity contribution in [2.75, 3.05) is 31.9 Å². The predicted octanol–water partition coefficient (Wildman–Crippen LogP) is 1.93. The van der Waals surface area contributed by atoms with Gasteiger partial charge in [0.2, 0.25) is 5.91 Å². The molecule has 1 saturated heterocycles. The molecule has 0 saturated carbocycles. The van der Waals surface area contributed by atoms with Gasteiger partial charge in [-0.1, -0.05) is 0 Å². The number of hydrogen-bond donors (Lipinski definition) is 0. The van der Waals surface area contributed by atoms with Crippen molar-refractivity contribution in [1.82, 2.24) is 9.80 Å². The molecule has 1 aromatic rings. The Balaban J connectivity index is 1.70. The summed E-state index contributed by atoms with van der Waals surface area (Å²) in [5, 5.41) is 0. The van der Waals surface area contributed by atoms with Gasteiger partial charge in [0.25, 0.3) is 5.91 Å². The first-order chi connectivity index (χ1) is 12.4. The maximum Gasteiger partial charge on any atom is 0.307 e. The highest BCUT2D eigenvalue weighted by atomic mass is 32.2. The third kappa shape index (κ3) is 6.01. The SMILES string of the molecule is CC(=O)N1CCN(C(=O)C(C)OC(=O)CCSc2ccc(F)cc2)CC1. The maximum atomic E-state index is 12.8. The van der Waals surface area contributed by atoms with E-state index in [2.05, 4.69) is 0 Å². The lowest BCUT2D eigenvalue weighted by atomic mass is 10.2. The summed E-state index contributed by atoms with van der Waals surface area (Å²) in [4.78, 5) is 39.7. The van der Waals surface area contributed by atoms with Gasteiger partial charge < -0.3 is 14.5 Å². The fourth-order valence-electron chi connectivity index (χ4n) is 2.59. The predicted molar refractivity (Wildman–Crippen MR) is 96.1 cm³/mol. The molecule has 1 aliphatic rings. The molecule has 0 aromatic heterocycles. The van der Waals surface area contributed by atoms with E-state index in [1.54, 1.807) is 28.9 Å². The van der Waals surface area contributed by atoms with Gasteiger partial charge in [0.15, 0.2) is 6.10 Å². The Kier molecular flexibility index (Phi) is 7.44. The summed E-state index contributed by atoms with van der Waals surface area (Å²) < 4.78 is 18.0. The molecule has 26 heavy (non-hydrogen) atoms. The number of halogens is 1. The third-order valence-electron chi connectivity index (χ3n) is 4.08. The molecule has 1 aliphatic heterocycles. The summed E-state index contributed by atoms with van der Waals surface area (Å²) in [5.74, 6) is -0.501. The summed E-state index contributed by atoms with van der Waals surface area (Å²) >= 11 is 1.42. The van der Waals surface area contributed by atoms with Crippen LogP contribution in [-0.2, 0) is 19.1 Å². The lowest BCUT2D eigenvalue weighted by Crippen LogP contribution is -2.52. The minimum Gasteiger partial charge on any atom is -0.453 e. The van der Waals surface area contributed by atoms with Crippen molar-refractivity contribution in [1.29, 1.82) is 0 Å². The van der Waals surface area contributed by atoms with E-state index in [9.17, 15) is 18.8 Å².